The topological polar surface area (TPSA) is 77.8 Å². The van der Waals surface area contributed by atoms with Gasteiger partial charge in [-0.15, -0.1) is 0 Å². The second-order valence-corrected chi connectivity index (χ2v) is 3.38. The Bertz CT molecular complexity index is 141. The molecule has 4 nitrogen and oxygen atoms in total. The van der Waals surface area contributed by atoms with E-state index in [0.29, 0.717) is 0 Å². The molecule has 1 unspecified atom stereocenters. The number of hydrogen-bond donors (Lipinski definition) is 3. The van der Waals surface area contributed by atoms with E-state index in [9.17, 15) is 4.79 Å². The van der Waals surface area contributed by atoms with Gasteiger partial charge in [-0.2, -0.15) is 0 Å². The molecule has 3 N–H and O–H groups in total. The van der Waals surface area contributed by atoms with E-state index in [4.69, 9.17) is 15.3 Å². The average Bonchev–Trinajstić information content (AvgIpc) is 1.87. The van der Waals surface area contributed by atoms with Crippen LogP contribution in [0.5, 0.6) is 0 Å². The zero-order chi connectivity index (χ0) is 9.07. The Labute approximate surface area is 65.5 Å². The lowest BCUT2D eigenvalue weighted by Crippen LogP contribution is -2.29. The predicted octanol–water partition coefficient (Wildman–Crippen LogP) is -0.160. The van der Waals surface area contributed by atoms with Crippen LogP contribution in [0.3, 0.4) is 0 Å². The number of aliphatic carboxylic acids is 1. The van der Waals surface area contributed by atoms with Crippen LogP contribution in [0.25, 0.3) is 0 Å². The van der Waals surface area contributed by atoms with Gasteiger partial charge in [0, 0.05) is 6.61 Å². The molecule has 0 aromatic carbocycles. The minimum atomic E-state index is -1.38. The van der Waals surface area contributed by atoms with Crippen molar-refractivity contribution in [3.05, 3.63) is 0 Å². The third-order valence-corrected chi connectivity index (χ3v) is 1.46. The van der Waals surface area contributed by atoms with Crippen LogP contribution in [0.2, 0.25) is 0 Å². The summed E-state index contributed by atoms with van der Waals surface area (Å²) >= 11 is 0. The number of carboxylic acids is 1. The van der Waals surface area contributed by atoms with Crippen molar-refractivity contribution in [1.29, 1.82) is 0 Å². The van der Waals surface area contributed by atoms with Gasteiger partial charge in [-0.25, -0.2) is 4.79 Å². The van der Waals surface area contributed by atoms with Gasteiger partial charge in [-0.3, -0.25) is 0 Å². The molecule has 0 spiro atoms. The Kier molecular flexibility index (Phi) is 3.48. The molecule has 11 heavy (non-hydrogen) atoms. The molecule has 0 aliphatic heterocycles. The molecule has 0 aliphatic carbocycles. The lowest BCUT2D eigenvalue weighted by molar-refractivity contribution is -0.148. The largest absolute Gasteiger partial charge is 0.479 e. The SMILES string of the molecule is CC(C)(CO)CC(O)C(=O)O. The highest BCUT2D eigenvalue weighted by Gasteiger charge is 2.25. The van der Waals surface area contributed by atoms with Crippen LogP contribution in [0.1, 0.15) is 20.3 Å². The van der Waals surface area contributed by atoms with Crippen molar-refractivity contribution in [3.63, 3.8) is 0 Å². The number of hydrogen-bond acceptors (Lipinski definition) is 3. The van der Waals surface area contributed by atoms with Crippen LogP contribution in [0.15, 0.2) is 0 Å². The van der Waals surface area contributed by atoms with Crippen LogP contribution < -0.4 is 0 Å². The summed E-state index contributed by atoms with van der Waals surface area (Å²) in [5, 5.41) is 25.9. The highest BCUT2D eigenvalue weighted by atomic mass is 16.4. The molecule has 0 fully saturated rings. The maximum Gasteiger partial charge on any atom is 0.332 e. The van der Waals surface area contributed by atoms with E-state index in [-0.39, 0.29) is 13.0 Å². The molecule has 0 heterocycles. The van der Waals surface area contributed by atoms with E-state index in [0.717, 1.165) is 0 Å². The fraction of sp³-hybridized carbons (Fsp3) is 0.857. The molecule has 0 saturated heterocycles. The first-order valence-electron chi connectivity index (χ1n) is 3.41. The van der Waals surface area contributed by atoms with Crippen LogP contribution in [-0.2, 0) is 4.79 Å². The Hall–Kier alpha value is -0.610. The van der Waals surface area contributed by atoms with Gasteiger partial charge < -0.3 is 15.3 Å². The first-order valence-corrected chi connectivity index (χ1v) is 3.41. The Morgan fingerprint density at radius 2 is 2.00 bits per heavy atom. The molecule has 0 saturated carbocycles. The maximum atomic E-state index is 10.2. The molecular formula is C7H14O4. The number of rotatable bonds is 4. The molecule has 0 aromatic rings. The molecule has 0 bridgehead atoms. The normalized spacial score (nSPS) is 14.5. The highest BCUT2D eigenvalue weighted by molar-refractivity contribution is 5.71. The highest BCUT2D eigenvalue weighted by Crippen LogP contribution is 2.20. The Balaban J connectivity index is 3.93. The molecular weight excluding hydrogens is 148 g/mol. The summed E-state index contributed by atoms with van der Waals surface area (Å²) in [5.41, 5.74) is -0.530. The van der Waals surface area contributed by atoms with Gasteiger partial charge in [-0.1, -0.05) is 13.8 Å². The summed E-state index contributed by atoms with van der Waals surface area (Å²) in [4.78, 5) is 10.2. The predicted molar refractivity (Wildman–Crippen MR) is 39.1 cm³/mol. The van der Waals surface area contributed by atoms with Crippen LogP contribution in [-0.4, -0.2) is 34.0 Å². The van der Waals surface area contributed by atoms with E-state index in [2.05, 4.69) is 0 Å². The second-order valence-electron chi connectivity index (χ2n) is 3.38. The molecule has 0 amide bonds. The molecule has 4 heteroatoms. The average molecular weight is 162 g/mol. The summed E-state index contributed by atoms with van der Waals surface area (Å²) in [5.74, 6) is -1.24. The number of carboxylic acid groups (broad SMARTS) is 1. The van der Waals surface area contributed by atoms with Gasteiger partial charge in [0.2, 0.25) is 0 Å². The van der Waals surface area contributed by atoms with Crippen molar-refractivity contribution in [1.82, 2.24) is 0 Å². The first kappa shape index (κ1) is 10.4. The monoisotopic (exact) mass is 162 g/mol. The lowest BCUT2D eigenvalue weighted by atomic mass is 9.88. The minimum absolute atomic E-state index is 0.0683. The molecule has 0 radical (unpaired) electrons. The zero-order valence-corrected chi connectivity index (χ0v) is 6.74. The Morgan fingerprint density at radius 1 is 1.55 bits per heavy atom. The van der Waals surface area contributed by atoms with Gasteiger partial charge in [0.25, 0.3) is 0 Å². The van der Waals surface area contributed by atoms with E-state index in [1.807, 2.05) is 0 Å². The second kappa shape index (κ2) is 3.69. The van der Waals surface area contributed by atoms with Crippen molar-refractivity contribution >= 4 is 5.97 Å². The number of aliphatic hydroxyl groups is 2. The third-order valence-electron chi connectivity index (χ3n) is 1.46. The van der Waals surface area contributed by atoms with Crippen molar-refractivity contribution in [2.75, 3.05) is 6.61 Å². The van der Waals surface area contributed by atoms with Crippen molar-refractivity contribution in [2.45, 2.75) is 26.4 Å². The first-order chi connectivity index (χ1) is 4.89. The van der Waals surface area contributed by atoms with Crippen LogP contribution in [0.4, 0.5) is 0 Å². The quantitative estimate of drug-likeness (QED) is 0.536. The summed E-state index contributed by atoms with van der Waals surface area (Å²) in [6, 6.07) is 0. The summed E-state index contributed by atoms with van der Waals surface area (Å²) in [6.45, 7) is 3.26. The molecule has 0 rings (SSSR count). The number of carbonyl (C=O) groups is 1. The van der Waals surface area contributed by atoms with E-state index in [1.54, 1.807) is 13.8 Å². The lowest BCUT2D eigenvalue weighted by Gasteiger charge is -2.22. The molecule has 1 atom stereocenters. The van der Waals surface area contributed by atoms with Crippen molar-refractivity contribution in [3.8, 4) is 0 Å². The van der Waals surface area contributed by atoms with Gasteiger partial charge >= 0.3 is 5.97 Å². The maximum absolute atomic E-state index is 10.2. The van der Waals surface area contributed by atoms with E-state index < -0.39 is 17.5 Å². The summed E-state index contributed by atoms with van der Waals surface area (Å²) in [7, 11) is 0. The van der Waals surface area contributed by atoms with E-state index in [1.165, 1.54) is 0 Å². The van der Waals surface area contributed by atoms with E-state index >= 15 is 0 Å². The smallest absolute Gasteiger partial charge is 0.332 e. The number of aliphatic hydroxyl groups excluding tert-OH is 2. The van der Waals surface area contributed by atoms with Crippen molar-refractivity contribution in [2.24, 2.45) is 5.41 Å². The molecule has 0 aliphatic rings. The molecule has 0 aromatic heterocycles. The zero-order valence-electron chi connectivity index (χ0n) is 6.74. The fourth-order valence-electron chi connectivity index (χ4n) is 0.675. The van der Waals surface area contributed by atoms with Crippen LogP contribution >= 0.6 is 0 Å². The van der Waals surface area contributed by atoms with Gasteiger partial charge in [-0.05, 0) is 11.8 Å². The van der Waals surface area contributed by atoms with Gasteiger partial charge in [0.05, 0.1) is 0 Å². The van der Waals surface area contributed by atoms with Crippen molar-refractivity contribution < 1.29 is 20.1 Å². The standard InChI is InChI=1S/C7H14O4/c1-7(2,4-8)3-5(9)6(10)11/h5,8-9H,3-4H2,1-2H3,(H,10,11). The summed E-state index contributed by atoms with van der Waals surface area (Å²) < 4.78 is 0. The minimum Gasteiger partial charge on any atom is -0.479 e. The van der Waals surface area contributed by atoms with Gasteiger partial charge in [0.1, 0.15) is 0 Å². The summed E-state index contributed by atoms with van der Waals surface area (Å²) in [6.07, 6.45) is -1.31. The van der Waals surface area contributed by atoms with Crippen LogP contribution in [0, 0.1) is 5.41 Å². The van der Waals surface area contributed by atoms with Gasteiger partial charge in [0.15, 0.2) is 6.10 Å². The third kappa shape index (κ3) is 3.95. The Morgan fingerprint density at radius 3 is 2.27 bits per heavy atom. The molecule has 66 valence electrons. The fourth-order valence-corrected chi connectivity index (χ4v) is 0.675.